The van der Waals surface area contributed by atoms with Crippen LogP contribution in [-0.4, -0.2) is 60.7 Å². The lowest BCUT2D eigenvalue weighted by Gasteiger charge is -2.31. The molecule has 1 aromatic rings. The van der Waals surface area contributed by atoms with Crippen molar-refractivity contribution in [1.29, 1.82) is 0 Å². The minimum Gasteiger partial charge on any atom is -0.347 e. The van der Waals surface area contributed by atoms with E-state index in [9.17, 15) is 14.4 Å². The van der Waals surface area contributed by atoms with Crippen LogP contribution in [0.1, 0.15) is 5.56 Å². The molecular weight excluding hydrogens is 306 g/mol. The summed E-state index contributed by atoms with van der Waals surface area (Å²) in [6, 6.07) is 7.37. The van der Waals surface area contributed by atoms with Crippen LogP contribution in [0.5, 0.6) is 0 Å². The first-order chi connectivity index (χ1) is 10.6. The van der Waals surface area contributed by atoms with E-state index in [-0.39, 0.29) is 0 Å². The van der Waals surface area contributed by atoms with Crippen LogP contribution in [0.2, 0.25) is 5.02 Å². The first-order valence-electron chi connectivity index (χ1n) is 7.11. The van der Waals surface area contributed by atoms with E-state index in [1.165, 1.54) is 4.90 Å². The highest BCUT2D eigenvalue weighted by molar-refractivity contribution is 6.35. The smallest absolute Gasteiger partial charge is 0.312 e. The van der Waals surface area contributed by atoms with Crippen molar-refractivity contribution in [1.82, 2.24) is 15.1 Å². The van der Waals surface area contributed by atoms with E-state index >= 15 is 0 Å². The Morgan fingerprint density at radius 1 is 1.23 bits per heavy atom. The van der Waals surface area contributed by atoms with E-state index in [0.717, 1.165) is 12.0 Å². The molecule has 7 heteroatoms. The van der Waals surface area contributed by atoms with Gasteiger partial charge >= 0.3 is 11.8 Å². The van der Waals surface area contributed by atoms with Gasteiger partial charge in [0.1, 0.15) is 0 Å². The van der Waals surface area contributed by atoms with E-state index in [4.69, 9.17) is 11.6 Å². The average molecular weight is 324 g/mol. The monoisotopic (exact) mass is 323 g/mol. The van der Waals surface area contributed by atoms with Crippen LogP contribution in [0, 0.1) is 0 Å². The number of piperazine rings is 1. The number of hydrogen-bond donors (Lipinski definition) is 1. The van der Waals surface area contributed by atoms with Crippen molar-refractivity contribution in [2.45, 2.75) is 6.42 Å². The third-order valence-electron chi connectivity index (χ3n) is 3.53. The largest absolute Gasteiger partial charge is 0.347 e. The van der Waals surface area contributed by atoms with Gasteiger partial charge in [0.25, 0.3) is 0 Å². The van der Waals surface area contributed by atoms with Gasteiger partial charge in [-0.05, 0) is 24.1 Å². The number of rotatable bonds is 4. The molecule has 0 aromatic heterocycles. The van der Waals surface area contributed by atoms with Crippen molar-refractivity contribution in [3.63, 3.8) is 0 Å². The topological polar surface area (TPSA) is 69.7 Å². The van der Waals surface area contributed by atoms with E-state index in [2.05, 4.69) is 5.32 Å². The molecule has 0 radical (unpaired) electrons. The zero-order chi connectivity index (χ0) is 15.9. The summed E-state index contributed by atoms with van der Waals surface area (Å²) >= 11 is 5.89. The summed E-state index contributed by atoms with van der Waals surface area (Å²) in [5.41, 5.74) is 1.000. The van der Waals surface area contributed by atoms with Crippen molar-refractivity contribution in [3.05, 3.63) is 34.9 Å². The first-order valence-corrected chi connectivity index (χ1v) is 7.49. The molecule has 0 atom stereocenters. The third kappa shape index (κ3) is 4.46. The fourth-order valence-corrected chi connectivity index (χ4v) is 2.48. The number of hydrogen-bond acceptors (Lipinski definition) is 3. The van der Waals surface area contributed by atoms with Crippen LogP contribution >= 0.6 is 11.6 Å². The number of carbonyl (C=O) groups is 3. The molecule has 1 aromatic carbocycles. The Morgan fingerprint density at radius 3 is 2.59 bits per heavy atom. The normalized spacial score (nSPS) is 14.6. The Hall–Kier alpha value is -2.08. The Morgan fingerprint density at radius 2 is 1.95 bits per heavy atom. The number of amides is 3. The van der Waals surface area contributed by atoms with Crippen LogP contribution in [0.4, 0.5) is 0 Å². The van der Waals surface area contributed by atoms with Gasteiger partial charge in [0.15, 0.2) is 0 Å². The molecule has 1 fully saturated rings. The SMILES string of the molecule is O=CN1CCN(C(=O)C(=O)NCCc2cccc(Cl)c2)CC1. The van der Waals surface area contributed by atoms with Gasteiger partial charge < -0.3 is 15.1 Å². The zero-order valence-electron chi connectivity index (χ0n) is 12.1. The van der Waals surface area contributed by atoms with E-state index in [0.29, 0.717) is 44.2 Å². The van der Waals surface area contributed by atoms with Gasteiger partial charge in [-0.2, -0.15) is 0 Å². The van der Waals surface area contributed by atoms with Gasteiger partial charge in [0.05, 0.1) is 0 Å². The van der Waals surface area contributed by atoms with Crippen molar-refractivity contribution in [3.8, 4) is 0 Å². The molecule has 1 aliphatic heterocycles. The number of nitrogens with zero attached hydrogens (tertiary/aromatic N) is 2. The maximum atomic E-state index is 12.0. The Kier molecular flexibility index (Phi) is 5.77. The minimum absolute atomic E-state index is 0.374. The molecule has 0 spiro atoms. The minimum atomic E-state index is -0.610. The first kappa shape index (κ1) is 16.3. The summed E-state index contributed by atoms with van der Waals surface area (Å²) in [4.78, 5) is 37.5. The van der Waals surface area contributed by atoms with Crippen molar-refractivity contribution >= 4 is 29.8 Å². The van der Waals surface area contributed by atoms with Crippen molar-refractivity contribution < 1.29 is 14.4 Å². The van der Waals surface area contributed by atoms with Crippen LogP contribution in [0.25, 0.3) is 0 Å². The average Bonchev–Trinajstić information content (AvgIpc) is 2.54. The van der Waals surface area contributed by atoms with Gasteiger partial charge in [-0.25, -0.2) is 0 Å². The predicted molar refractivity (Wildman–Crippen MR) is 82.4 cm³/mol. The Balaban J connectivity index is 1.75. The summed E-state index contributed by atoms with van der Waals surface area (Å²) in [6.45, 7) is 2.08. The molecule has 0 aliphatic carbocycles. The van der Waals surface area contributed by atoms with Gasteiger partial charge in [0, 0.05) is 37.7 Å². The molecule has 0 bridgehead atoms. The molecule has 1 N–H and O–H groups in total. The summed E-state index contributed by atoms with van der Waals surface area (Å²) in [5, 5.41) is 3.26. The number of nitrogens with one attached hydrogen (secondary N) is 1. The summed E-state index contributed by atoms with van der Waals surface area (Å²) < 4.78 is 0. The Labute approximate surface area is 134 Å². The number of halogens is 1. The summed E-state index contributed by atoms with van der Waals surface area (Å²) in [6.07, 6.45) is 1.37. The molecular formula is C15H18ClN3O3. The molecule has 6 nitrogen and oxygen atoms in total. The molecule has 0 saturated carbocycles. The van der Waals surface area contributed by atoms with Crippen molar-refractivity contribution in [2.24, 2.45) is 0 Å². The molecule has 1 heterocycles. The van der Waals surface area contributed by atoms with Crippen LogP contribution < -0.4 is 5.32 Å². The zero-order valence-corrected chi connectivity index (χ0v) is 12.9. The quantitative estimate of drug-likeness (QED) is 0.640. The summed E-state index contributed by atoms with van der Waals surface area (Å²) in [7, 11) is 0. The molecule has 2 rings (SSSR count). The Bertz CT molecular complexity index is 557. The van der Waals surface area contributed by atoms with Gasteiger partial charge in [0.2, 0.25) is 6.41 Å². The maximum absolute atomic E-state index is 12.0. The van der Waals surface area contributed by atoms with E-state index < -0.39 is 11.8 Å². The molecule has 118 valence electrons. The lowest BCUT2D eigenvalue weighted by Crippen LogP contribution is -2.52. The van der Waals surface area contributed by atoms with Gasteiger partial charge in [-0.3, -0.25) is 14.4 Å². The fraction of sp³-hybridized carbons (Fsp3) is 0.400. The maximum Gasteiger partial charge on any atom is 0.312 e. The van der Waals surface area contributed by atoms with Crippen LogP contribution in [0.3, 0.4) is 0 Å². The number of carbonyl (C=O) groups excluding carboxylic acids is 3. The molecule has 22 heavy (non-hydrogen) atoms. The third-order valence-corrected chi connectivity index (χ3v) is 3.77. The molecule has 1 saturated heterocycles. The fourth-order valence-electron chi connectivity index (χ4n) is 2.26. The van der Waals surface area contributed by atoms with Crippen LogP contribution in [-0.2, 0) is 20.8 Å². The highest BCUT2D eigenvalue weighted by atomic mass is 35.5. The summed E-state index contributed by atoms with van der Waals surface area (Å²) in [5.74, 6) is -1.15. The highest BCUT2D eigenvalue weighted by Gasteiger charge is 2.25. The second-order valence-corrected chi connectivity index (χ2v) is 5.51. The molecule has 1 aliphatic rings. The highest BCUT2D eigenvalue weighted by Crippen LogP contribution is 2.10. The second-order valence-electron chi connectivity index (χ2n) is 5.07. The standard InChI is InChI=1S/C15H18ClN3O3/c16-13-3-1-2-12(10-13)4-5-17-14(21)15(22)19-8-6-18(11-20)7-9-19/h1-3,10-11H,4-9H2,(H,17,21). The van der Waals surface area contributed by atoms with E-state index in [1.54, 1.807) is 11.0 Å². The predicted octanol–water partition coefficient (Wildman–Crippen LogP) is 0.299. The van der Waals surface area contributed by atoms with E-state index in [1.807, 2.05) is 18.2 Å². The lowest BCUT2D eigenvalue weighted by atomic mass is 10.1. The number of benzene rings is 1. The van der Waals surface area contributed by atoms with Crippen molar-refractivity contribution in [2.75, 3.05) is 32.7 Å². The van der Waals surface area contributed by atoms with Gasteiger partial charge in [-0.1, -0.05) is 23.7 Å². The molecule has 0 unspecified atom stereocenters. The molecule has 3 amide bonds. The lowest BCUT2D eigenvalue weighted by molar-refractivity contribution is -0.147. The van der Waals surface area contributed by atoms with Gasteiger partial charge in [-0.15, -0.1) is 0 Å². The second kappa shape index (κ2) is 7.79. The van der Waals surface area contributed by atoms with Crippen LogP contribution in [0.15, 0.2) is 24.3 Å².